The molecule has 0 fully saturated rings. The van der Waals surface area contributed by atoms with E-state index in [9.17, 15) is 0 Å². The number of unbranched alkanes of at least 4 members (excludes halogenated alkanes) is 3. The molecule has 0 saturated carbocycles. The van der Waals surface area contributed by atoms with Crippen LogP contribution in [0, 0.1) is 0 Å². The molecule has 0 heterocycles. The molecule has 0 aliphatic rings. The summed E-state index contributed by atoms with van der Waals surface area (Å²) in [4.78, 5) is 2.49. The van der Waals surface area contributed by atoms with Crippen LogP contribution in [0.4, 0.5) is 0 Å². The number of nitrogens with one attached hydrogen (secondary N) is 1. The van der Waals surface area contributed by atoms with Crippen LogP contribution in [0.15, 0.2) is 0 Å². The van der Waals surface area contributed by atoms with E-state index in [1.54, 1.807) is 0 Å². The van der Waals surface area contributed by atoms with Crippen molar-refractivity contribution >= 4 is 0 Å². The third-order valence-electron chi connectivity index (χ3n) is 3.41. The van der Waals surface area contributed by atoms with Crippen molar-refractivity contribution in [1.82, 2.24) is 10.2 Å². The summed E-state index contributed by atoms with van der Waals surface area (Å²) in [5.41, 5.74) is 0. The SMILES string of the molecule is CCCCCCNCCN(C)C(CC)CC. The maximum atomic E-state index is 3.54. The van der Waals surface area contributed by atoms with E-state index >= 15 is 0 Å². The van der Waals surface area contributed by atoms with Crippen LogP contribution in [-0.2, 0) is 0 Å². The van der Waals surface area contributed by atoms with Crippen molar-refractivity contribution in [2.45, 2.75) is 65.3 Å². The summed E-state index contributed by atoms with van der Waals surface area (Å²) in [5, 5.41) is 3.54. The summed E-state index contributed by atoms with van der Waals surface area (Å²) in [6, 6.07) is 0.766. The predicted molar refractivity (Wildman–Crippen MR) is 74.0 cm³/mol. The number of hydrogen-bond acceptors (Lipinski definition) is 2. The highest BCUT2D eigenvalue weighted by Gasteiger charge is 2.08. The molecule has 0 spiro atoms. The van der Waals surface area contributed by atoms with Crippen LogP contribution >= 0.6 is 0 Å². The Balaban J connectivity index is 3.30. The molecule has 0 bridgehead atoms. The molecular formula is C14H32N2. The van der Waals surface area contributed by atoms with Crippen LogP contribution in [-0.4, -0.2) is 37.6 Å². The lowest BCUT2D eigenvalue weighted by Crippen LogP contribution is -2.36. The molecule has 0 aliphatic carbocycles. The largest absolute Gasteiger partial charge is 0.315 e. The Morgan fingerprint density at radius 1 is 0.938 bits per heavy atom. The number of hydrogen-bond donors (Lipinski definition) is 1. The zero-order valence-corrected chi connectivity index (χ0v) is 11.9. The highest BCUT2D eigenvalue weighted by molar-refractivity contribution is 4.65. The van der Waals surface area contributed by atoms with Gasteiger partial charge in [0.1, 0.15) is 0 Å². The van der Waals surface area contributed by atoms with Gasteiger partial charge in [0.2, 0.25) is 0 Å². The molecule has 0 unspecified atom stereocenters. The first kappa shape index (κ1) is 15.9. The highest BCUT2D eigenvalue weighted by atomic mass is 15.1. The third-order valence-corrected chi connectivity index (χ3v) is 3.41. The van der Waals surface area contributed by atoms with E-state index in [1.807, 2.05) is 0 Å². The van der Waals surface area contributed by atoms with E-state index < -0.39 is 0 Å². The van der Waals surface area contributed by atoms with Crippen molar-refractivity contribution < 1.29 is 0 Å². The lowest BCUT2D eigenvalue weighted by atomic mass is 10.1. The Bertz CT molecular complexity index is 133. The van der Waals surface area contributed by atoms with Gasteiger partial charge in [-0.25, -0.2) is 0 Å². The second-order valence-electron chi connectivity index (χ2n) is 4.76. The second kappa shape index (κ2) is 11.4. The van der Waals surface area contributed by atoms with Crippen molar-refractivity contribution in [3.8, 4) is 0 Å². The molecule has 1 N–H and O–H groups in total. The minimum Gasteiger partial charge on any atom is -0.315 e. The minimum atomic E-state index is 0.766. The van der Waals surface area contributed by atoms with Crippen molar-refractivity contribution in [3.63, 3.8) is 0 Å². The van der Waals surface area contributed by atoms with Gasteiger partial charge in [-0.15, -0.1) is 0 Å². The zero-order valence-electron chi connectivity index (χ0n) is 11.9. The molecule has 16 heavy (non-hydrogen) atoms. The number of nitrogens with zero attached hydrogens (tertiary/aromatic N) is 1. The molecule has 0 rings (SSSR count). The van der Waals surface area contributed by atoms with E-state index in [0.29, 0.717) is 0 Å². The van der Waals surface area contributed by atoms with Crippen molar-refractivity contribution in [2.75, 3.05) is 26.7 Å². The molecule has 0 atom stereocenters. The molecule has 98 valence electrons. The zero-order chi connectivity index (χ0) is 12.2. The van der Waals surface area contributed by atoms with Gasteiger partial charge in [-0.1, -0.05) is 40.0 Å². The quantitative estimate of drug-likeness (QED) is 0.546. The fourth-order valence-corrected chi connectivity index (χ4v) is 2.15. The smallest absolute Gasteiger partial charge is 0.0107 e. The summed E-state index contributed by atoms with van der Waals surface area (Å²) in [7, 11) is 2.25. The summed E-state index contributed by atoms with van der Waals surface area (Å²) in [5.74, 6) is 0. The van der Waals surface area contributed by atoms with Gasteiger partial charge in [-0.3, -0.25) is 0 Å². The fraction of sp³-hybridized carbons (Fsp3) is 1.00. The topological polar surface area (TPSA) is 15.3 Å². The maximum Gasteiger partial charge on any atom is 0.0107 e. The Morgan fingerprint density at radius 2 is 1.62 bits per heavy atom. The molecule has 0 amide bonds. The molecule has 0 saturated heterocycles. The van der Waals surface area contributed by atoms with Crippen molar-refractivity contribution in [2.24, 2.45) is 0 Å². The van der Waals surface area contributed by atoms with Crippen LogP contribution in [0.5, 0.6) is 0 Å². The lowest BCUT2D eigenvalue weighted by Gasteiger charge is -2.26. The van der Waals surface area contributed by atoms with E-state index in [2.05, 4.69) is 38.0 Å². The van der Waals surface area contributed by atoms with E-state index in [1.165, 1.54) is 51.6 Å². The van der Waals surface area contributed by atoms with Gasteiger partial charge in [0.15, 0.2) is 0 Å². The first-order chi connectivity index (χ1) is 7.76. The molecule has 0 aliphatic heterocycles. The van der Waals surface area contributed by atoms with Gasteiger partial charge in [0.05, 0.1) is 0 Å². The van der Waals surface area contributed by atoms with E-state index in [0.717, 1.165) is 12.6 Å². The van der Waals surface area contributed by atoms with Crippen LogP contribution in [0.1, 0.15) is 59.3 Å². The molecule has 0 aromatic rings. The van der Waals surface area contributed by atoms with Crippen LogP contribution in [0.2, 0.25) is 0 Å². The van der Waals surface area contributed by atoms with E-state index in [4.69, 9.17) is 0 Å². The number of rotatable bonds is 11. The van der Waals surface area contributed by atoms with Crippen LogP contribution in [0.25, 0.3) is 0 Å². The Morgan fingerprint density at radius 3 is 2.19 bits per heavy atom. The van der Waals surface area contributed by atoms with Crippen LogP contribution < -0.4 is 5.32 Å². The van der Waals surface area contributed by atoms with Gasteiger partial charge >= 0.3 is 0 Å². The minimum absolute atomic E-state index is 0.766. The van der Waals surface area contributed by atoms with Gasteiger partial charge in [0.25, 0.3) is 0 Å². The van der Waals surface area contributed by atoms with Gasteiger partial charge in [-0.2, -0.15) is 0 Å². The standard InChI is InChI=1S/C14H32N2/c1-5-8-9-10-11-15-12-13-16(4)14(6-2)7-3/h14-15H,5-13H2,1-4H3. The maximum absolute atomic E-state index is 3.54. The van der Waals surface area contributed by atoms with Gasteiger partial charge in [0, 0.05) is 19.1 Å². The Hall–Kier alpha value is -0.0800. The molecule has 2 nitrogen and oxygen atoms in total. The van der Waals surface area contributed by atoms with Crippen molar-refractivity contribution in [3.05, 3.63) is 0 Å². The normalized spacial score (nSPS) is 11.6. The summed E-state index contributed by atoms with van der Waals surface area (Å²) in [6.07, 6.45) is 7.97. The average molecular weight is 228 g/mol. The first-order valence-corrected chi connectivity index (χ1v) is 7.17. The van der Waals surface area contributed by atoms with Crippen LogP contribution in [0.3, 0.4) is 0 Å². The highest BCUT2D eigenvalue weighted by Crippen LogP contribution is 2.04. The van der Waals surface area contributed by atoms with E-state index in [-0.39, 0.29) is 0 Å². The predicted octanol–water partition coefficient (Wildman–Crippen LogP) is 3.28. The third kappa shape index (κ3) is 8.12. The number of likely N-dealkylation sites (N-methyl/N-ethyl adjacent to an activating group) is 1. The molecule has 0 aromatic carbocycles. The molecule has 2 heteroatoms. The summed E-state index contributed by atoms with van der Waals surface area (Å²) >= 11 is 0. The molecule has 0 aromatic heterocycles. The Kier molecular flexibility index (Phi) is 11.3. The van der Waals surface area contributed by atoms with Gasteiger partial charge < -0.3 is 10.2 Å². The van der Waals surface area contributed by atoms with Gasteiger partial charge in [-0.05, 0) is 32.9 Å². The fourth-order valence-electron chi connectivity index (χ4n) is 2.15. The summed E-state index contributed by atoms with van der Waals surface area (Å²) < 4.78 is 0. The second-order valence-corrected chi connectivity index (χ2v) is 4.76. The Labute approximate surface area is 103 Å². The monoisotopic (exact) mass is 228 g/mol. The first-order valence-electron chi connectivity index (χ1n) is 7.17. The van der Waals surface area contributed by atoms with Crippen molar-refractivity contribution in [1.29, 1.82) is 0 Å². The molecule has 0 radical (unpaired) electrons. The lowest BCUT2D eigenvalue weighted by molar-refractivity contribution is 0.230. The molecular weight excluding hydrogens is 196 g/mol. The average Bonchev–Trinajstić information content (AvgIpc) is 2.29. The summed E-state index contributed by atoms with van der Waals surface area (Å²) in [6.45, 7) is 10.3.